The lowest BCUT2D eigenvalue weighted by atomic mass is 10.1. The van der Waals surface area contributed by atoms with Gasteiger partial charge in [0.2, 0.25) is 0 Å². The highest BCUT2D eigenvalue weighted by Gasteiger charge is 2.09. The van der Waals surface area contributed by atoms with Crippen LogP contribution in [0.1, 0.15) is 61.7 Å². The van der Waals surface area contributed by atoms with E-state index in [2.05, 4.69) is 12.1 Å². The first-order chi connectivity index (χ1) is 7.24. The summed E-state index contributed by atoms with van der Waals surface area (Å²) in [6.07, 6.45) is 6.41. The van der Waals surface area contributed by atoms with Crippen LogP contribution < -0.4 is 0 Å². The monoisotopic (exact) mass is 209 g/mol. The van der Waals surface area contributed by atoms with Crippen molar-refractivity contribution in [1.82, 2.24) is 5.16 Å². The molecule has 0 N–H and O–H groups in total. The molecule has 1 aromatic rings. The van der Waals surface area contributed by atoms with Gasteiger partial charge in [-0.1, -0.05) is 37.8 Å². The summed E-state index contributed by atoms with van der Waals surface area (Å²) < 4.78 is 4.86. The van der Waals surface area contributed by atoms with E-state index in [1.165, 1.54) is 19.3 Å². The van der Waals surface area contributed by atoms with Crippen molar-refractivity contribution in [2.24, 2.45) is 0 Å². The Morgan fingerprint density at radius 2 is 2.07 bits per heavy atom. The number of nitrogens with zero attached hydrogens (tertiary/aromatic N) is 1. The SMILES string of the molecule is CCCCCCCC(=O)c1cc(C)on1. The Labute approximate surface area is 90.8 Å². The molecule has 15 heavy (non-hydrogen) atoms. The average molecular weight is 209 g/mol. The zero-order chi connectivity index (χ0) is 11.1. The third-order valence-corrected chi connectivity index (χ3v) is 2.42. The maximum Gasteiger partial charge on any atom is 0.184 e. The van der Waals surface area contributed by atoms with Crippen LogP contribution in [0.2, 0.25) is 0 Å². The molecule has 0 aromatic carbocycles. The molecule has 1 rings (SSSR count). The molecule has 84 valence electrons. The molecular weight excluding hydrogens is 190 g/mol. The van der Waals surface area contributed by atoms with Crippen molar-refractivity contribution in [2.45, 2.75) is 52.4 Å². The quantitative estimate of drug-likeness (QED) is 0.509. The Hall–Kier alpha value is -1.12. The van der Waals surface area contributed by atoms with Gasteiger partial charge in [-0.3, -0.25) is 4.79 Å². The van der Waals surface area contributed by atoms with Crippen molar-refractivity contribution in [3.8, 4) is 0 Å². The molecule has 0 saturated carbocycles. The number of unbranched alkanes of at least 4 members (excludes halogenated alkanes) is 4. The second-order valence-electron chi connectivity index (χ2n) is 3.91. The van der Waals surface area contributed by atoms with E-state index in [0.717, 1.165) is 12.8 Å². The van der Waals surface area contributed by atoms with Crippen LogP contribution in [0, 0.1) is 6.92 Å². The third-order valence-electron chi connectivity index (χ3n) is 2.42. The van der Waals surface area contributed by atoms with Gasteiger partial charge in [-0.25, -0.2) is 0 Å². The lowest BCUT2D eigenvalue weighted by Crippen LogP contribution is -1.98. The van der Waals surface area contributed by atoms with Crippen molar-refractivity contribution >= 4 is 5.78 Å². The first-order valence-electron chi connectivity index (χ1n) is 5.70. The van der Waals surface area contributed by atoms with E-state index in [1.807, 2.05) is 0 Å². The lowest BCUT2D eigenvalue weighted by molar-refractivity contribution is 0.0970. The fraction of sp³-hybridized carbons (Fsp3) is 0.667. The van der Waals surface area contributed by atoms with Gasteiger partial charge >= 0.3 is 0 Å². The number of rotatable bonds is 7. The van der Waals surface area contributed by atoms with E-state index in [4.69, 9.17) is 4.52 Å². The maximum absolute atomic E-state index is 11.6. The second-order valence-corrected chi connectivity index (χ2v) is 3.91. The summed E-state index contributed by atoms with van der Waals surface area (Å²) in [6, 6.07) is 1.70. The van der Waals surface area contributed by atoms with Gasteiger partial charge in [0, 0.05) is 12.5 Å². The molecule has 0 amide bonds. The van der Waals surface area contributed by atoms with Gasteiger partial charge in [0.1, 0.15) is 11.5 Å². The van der Waals surface area contributed by atoms with Crippen molar-refractivity contribution < 1.29 is 9.32 Å². The summed E-state index contributed by atoms with van der Waals surface area (Å²) in [7, 11) is 0. The number of ketones is 1. The van der Waals surface area contributed by atoms with Crippen LogP contribution >= 0.6 is 0 Å². The van der Waals surface area contributed by atoms with Crippen molar-refractivity contribution in [3.63, 3.8) is 0 Å². The molecule has 0 atom stereocenters. The van der Waals surface area contributed by atoms with Gasteiger partial charge in [-0.15, -0.1) is 0 Å². The lowest BCUT2D eigenvalue weighted by Gasteiger charge is -1.97. The molecule has 1 aromatic heterocycles. The molecule has 0 unspecified atom stereocenters. The zero-order valence-corrected chi connectivity index (χ0v) is 9.58. The van der Waals surface area contributed by atoms with Crippen molar-refractivity contribution in [3.05, 3.63) is 17.5 Å². The zero-order valence-electron chi connectivity index (χ0n) is 9.58. The van der Waals surface area contributed by atoms with Crippen LogP contribution in [0.3, 0.4) is 0 Å². The number of hydrogen-bond acceptors (Lipinski definition) is 3. The Morgan fingerprint density at radius 1 is 1.33 bits per heavy atom. The standard InChI is InChI=1S/C12H19NO2/c1-3-4-5-6-7-8-12(14)11-9-10(2)15-13-11/h9H,3-8H2,1-2H3. The van der Waals surface area contributed by atoms with Crippen LogP contribution in [0.25, 0.3) is 0 Å². The number of carbonyl (C=O) groups is 1. The molecule has 0 aliphatic rings. The smallest absolute Gasteiger partial charge is 0.184 e. The minimum atomic E-state index is 0.100. The largest absolute Gasteiger partial charge is 0.361 e. The Kier molecular flexibility index (Phi) is 5.08. The average Bonchev–Trinajstić information content (AvgIpc) is 2.64. The van der Waals surface area contributed by atoms with E-state index in [9.17, 15) is 4.79 Å². The van der Waals surface area contributed by atoms with Gasteiger partial charge in [0.15, 0.2) is 5.78 Å². The number of Topliss-reactive ketones (excluding diaryl/α,β-unsaturated/α-hetero) is 1. The fourth-order valence-electron chi connectivity index (χ4n) is 1.51. The number of carbonyl (C=O) groups excluding carboxylic acids is 1. The predicted molar refractivity (Wildman–Crippen MR) is 58.9 cm³/mol. The highest BCUT2D eigenvalue weighted by Crippen LogP contribution is 2.10. The van der Waals surface area contributed by atoms with Crippen LogP contribution in [0.4, 0.5) is 0 Å². The van der Waals surface area contributed by atoms with E-state index < -0.39 is 0 Å². The van der Waals surface area contributed by atoms with Gasteiger partial charge < -0.3 is 4.52 Å². The molecule has 3 heteroatoms. The summed E-state index contributed by atoms with van der Waals surface area (Å²) in [5.41, 5.74) is 0.475. The van der Waals surface area contributed by atoms with Gasteiger partial charge in [0.25, 0.3) is 0 Å². The first-order valence-corrected chi connectivity index (χ1v) is 5.70. The second kappa shape index (κ2) is 6.38. The molecule has 1 heterocycles. The molecule has 0 aliphatic heterocycles. The minimum Gasteiger partial charge on any atom is -0.361 e. The highest BCUT2D eigenvalue weighted by atomic mass is 16.5. The van der Waals surface area contributed by atoms with E-state index in [1.54, 1.807) is 13.0 Å². The summed E-state index contributed by atoms with van der Waals surface area (Å²) in [5.74, 6) is 0.799. The number of aryl methyl sites for hydroxylation is 1. The van der Waals surface area contributed by atoms with Gasteiger partial charge in [-0.05, 0) is 13.3 Å². The Balaban J connectivity index is 2.19. The summed E-state index contributed by atoms with van der Waals surface area (Å²) in [4.78, 5) is 11.6. The van der Waals surface area contributed by atoms with Gasteiger partial charge in [0.05, 0.1) is 0 Å². The van der Waals surface area contributed by atoms with Crippen LogP contribution in [0.5, 0.6) is 0 Å². The van der Waals surface area contributed by atoms with E-state index >= 15 is 0 Å². The molecule has 0 aliphatic carbocycles. The topological polar surface area (TPSA) is 43.1 Å². The highest BCUT2D eigenvalue weighted by molar-refractivity contribution is 5.94. The number of aromatic nitrogens is 1. The summed E-state index contributed by atoms with van der Waals surface area (Å²) >= 11 is 0. The van der Waals surface area contributed by atoms with Crippen LogP contribution in [-0.4, -0.2) is 10.9 Å². The predicted octanol–water partition coefficient (Wildman–Crippen LogP) is 3.53. The molecule has 0 fully saturated rings. The summed E-state index contributed by atoms with van der Waals surface area (Å²) in [6.45, 7) is 3.98. The molecule has 3 nitrogen and oxygen atoms in total. The van der Waals surface area contributed by atoms with Crippen LogP contribution in [0.15, 0.2) is 10.6 Å². The molecule has 0 radical (unpaired) electrons. The Bertz CT molecular complexity index is 304. The third kappa shape index (κ3) is 4.28. The fourth-order valence-corrected chi connectivity index (χ4v) is 1.51. The van der Waals surface area contributed by atoms with E-state index in [-0.39, 0.29) is 5.78 Å². The molecular formula is C12H19NO2. The molecule has 0 spiro atoms. The van der Waals surface area contributed by atoms with Crippen molar-refractivity contribution in [1.29, 1.82) is 0 Å². The van der Waals surface area contributed by atoms with Crippen LogP contribution in [-0.2, 0) is 0 Å². The minimum absolute atomic E-state index is 0.100. The Morgan fingerprint density at radius 3 is 2.67 bits per heavy atom. The summed E-state index contributed by atoms with van der Waals surface area (Å²) in [5, 5.41) is 3.71. The number of hydrogen-bond donors (Lipinski definition) is 0. The first kappa shape index (κ1) is 12.0. The maximum atomic E-state index is 11.6. The molecule has 0 bridgehead atoms. The molecule has 0 saturated heterocycles. The normalized spacial score (nSPS) is 10.5. The van der Waals surface area contributed by atoms with Crippen molar-refractivity contribution in [2.75, 3.05) is 0 Å². The van der Waals surface area contributed by atoms with E-state index in [0.29, 0.717) is 17.9 Å². The van der Waals surface area contributed by atoms with Gasteiger partial charge in [-0.2, -0.15) is 0 Å².